The van der Waals surface area contributed by atoms with Gasteiger partial charge in [-0.05, 0) is 37.1 Å². The Kier molecular flexibility index (Phi) is 5.19. The first kappa shape index (κ1) is 18.5. The first-order chi connectivity index (χ1) is 13.0. The van der Waals surface area contributed by atoms with Crippen molar-refractivity contribution in [3.05, 3.63) is 68.0 Å². The number of carbonyl (C=O) groups excluding carboxylic acids is 1. The fourth-order valence-corrected chi connectivity index (χ4v) is 3.96. The molecular weight excluding hydrogens is 362 g/mol. The standard InChI is InChI=1S/C20H17N3O3S/c1-4-11-22-17-10-9-14(5-2)12-18(17)27-20(22)21-19(24)15-7-6-8-16(13(15)3)23(25)26/h1,6-10,12H,5,11H2,2-3H3. The van der Waals surface area contributed by atoms with Crippen LogP contribution in [0.5, 0.6) is 0 Å². The van der Waals surface area contributed by atoms with Crippen LogP contribution in [-0.2, 0) is 13.0 Å². The summed E-state index contributed by atoms with van der Waals surface area (Å²) in [5, 5.41) is 11.1. The van der Waals surface area contributed by atoms with Crippen molar-refractivity contribution in [1.29, 1.82) is 0 Å². The van der Waals surface area contributed by atoms with E-state index < -0.39 is 10.8 Å². The van der Waals surface area contributed by atoms with Crippen LogP contribution in [0.3, 0.4) is 0 Å². The normalized spacial score (nSPS) is 11.5. The van der Waals surface area contributed by atoms with Crippen molar-refractivity contribution in [2.45, 2.75) is 26.8 Å². The highest BCUT2D eigenvalue weighted by Gasteiger charge is 2.18. The molecule has 0 atom stereocenters. The number of nitrogens with zero attached hydrogens (tertiary/aromatic N) is 3. The van der Waals surface area contributed by atoms with Gasteiger partial charge in [-0.1, -0.05) is 36.3 Å². The van der Waals surface area contributed by atoms with E-state index in [1.807, 2.05) is 16.7 Å². The molecule has 0 aliphatic heterocycles. The van der Waals surface area contributed by atoms with Crippen molar-refractivity contribution < 1.29 is 9.72 Å². The topological polar surface area (TPSA) is 77.5 Å². The van der Waals surface area contributed by atoms with E-state index in [9.17, 15) is 14.9 Å². The summed E-state index contributed by atoms with van der Waals surface area (Å²) < 4.78 is 2.80. The van der Waals surface area contributed by atoms with Crippen LogP contribution in [0, 0.1) is 29.4 Å². The van der Waals surface area contributed by atoms with Crippen LogP contribution >= 0.6 is 11.3 Å². The van der Waals surface area contributed by atoms with Crippen LogP contribution in [0.4, 0.5) is 5.69 Å². The second-order valence-electron chi connectivity index (χ2n) is 5.95. The number of rotatable bonds is 4. The SMILES string of the molecule is C#CCn1c(=NC(=O)c2cccc([N+](=O)[O-])c2C)sc2cc(CC)ccc21. The van der Waals surface area contributed by atoms with Gasteiger partial charge >= 0.3 is 0 Å². The fourth-order valence-electron chi connectivity index (χ4n) is 2.87. The molecule has 7 heteroatoms. The van der Waals surface area contributed by atoms with Crippen LogP contribution in [0.25, 0.3) is 10.2 Å². The number of hydrogen-bond acceptors (Lipinski definition) is 4. The summed E-state index contributed by atoms with van der Waals surface area (Å²) in [7, 11) is 0. The fraction of sp³-hybridized carbons (Fsp3) is 0.200. The van der Waals surface area contributed by atoms with Gasteiger partial charge in [0.1, 0.15) is 0 Å². The molecule has 0 fully saturated rings. The smallest absolute Gasteiger partial charge is 0.280 e. The molecule has 0 bridgehead atoms. The molecule has 1 heterocycles. The average molecular weight is 379 g/mol. The van der Waals surface area contributed by atoms with E-state index in [0.29, 0.717) is 10.4 Å². The molecule has 0 radical (unpaired) electrons. The number of nitro benzene ring substituents is 1. The van der Waals surface area contributed by atoms with E-state index in [1.54, 1.807) is 13.0 Å². The van der Waals surface area contributed by atoms with Crippen molar-refractivity contribution >= 4 is 33.1 Å². The lowest BCUT2D eigenvalue weighted by Gasteiger charge is -2.03. The molecule has 1 aromatic heterocycles. The molecule has 27 heavy (non-hydrogen) atoms. The van der Waals surface area contributed by atoms with Gasteiger partial charge in [0.05, 0.1) is 27.2 Å². The van der Waals surface area contributed by atoms with Gasteiger partial charge in [0.25, 0.3) is 11.6 Å². The van der Waals surface area contributed by atoms with Crippen molar-refractivity contribution in [1.82, 2.24) is 4.57 Å². The number of nitro groups is 1. The minimum atomic E-state index is -0.524. The van der Waals surface area contributed by atoms with Gasteiger partial charge in [-0.3, -0.25) is 14.9 Å². The molecule has 6 nitrogen and oxygen atoms in total. The van der Waals surface area contributed by atoms with Crippen LogP contribution in [-0.4, -0.2) is 15.4 Å². The number of aryl methyl sites for hydroxylation is 1. The third-order valence-corrected chi connectivity index (χ3v) is 5.38. The Bertz CT molecular complexity index is 1170. The minimum absolute atomic E-state index is 0.100. The van der Waals surface area contributed by atoms with Crippen LogP contribution in [0.15, 0.2) is 41.4 Å². The average Bonchev–Trinajstić information content (AvgIpc) is 2.98. The third kappa shape index (κ3) is 3.52. The van der Waals surface area contributed by atoms with Crippen molar-refractivity contribution in [3.8, 4) is 12.3 Å². The predicted octanol–water partition coefficient (Wildman–Crippen LogP) is 3.86. The zero-order valence-electron chi connectivity index (χ0n) is 14.9. The Labute approximate surface area is 160 Å². The predicted molar refractivity (Wildman–Crippen MR) is 106 cm³/mol. The lowest BCUT2D eigenvalue weighted by Crippen LogP contribution is -2.17. The van der Waals surface area contributed by atoms with Crippen LogP contribution in [0.2, 0.25) is 0 Å². The number of thiazole rings is 1. The molecule has 0 spiro atoms. The van der Waals surface area contributed by atoms with Gasteiger partial charge in [-0.15, -0.1) is 6.42 Å². The second-order valence-corrected chi connectivity index (χ2v) is 6.96. The van der Waals surface area contributed by atoms with E-state index in [4.69, 9.17) is 6.42 Å². The molecule has 0 unspecified atom stereocenters. The molecule has 0 saturated carbocycles. The van der Waals surface area contributed by atoms with E-state index in [-0.39, 0.29) is 17.8 Å². The van der Waals surface area contributed by atoms with Gasteiger partial charge in [-0.25, -0.2) is 0 Å². The third-order valence-electron chi connectivity index (χ3n) is 4.33. The first-order valence-electron chi connectivity index (χ1n) is 8.35. The van der Waals surface area contributed by atoms with Gasteiger partial charge in [0.2, 0.25) is 0 Å². The summed E-state index contributed by atoms with van der Waals surface area (Å²) in [6.07, 6.45) is 6.39. The molecule has 3 aromatic rings. The number of fused-ring (bicyclic) bond motifs is 1. The Morgan fingerprint density at radius 3 is 2.81 bits per heavy atom. The van der Waals surface area contributed by atoms with Crippen molar-refractivity contribution in [2.75, 3.05) is 0 Å². The Hall–Kier alpha value is -3.24. The molecule has 0 aliphatic rings. The Morgan fingerprint density at radius 1 is 1.37 bits per heavy atom. The van der Waals surface area contributed by atoms with Crippen LogP contribution < -0.4 is 4.80 Å². The maximum atomic E-state index is 12.7. The first-order valence-corrected chi connectivity index (χ1v) is 9.16. The summed E-state index contributed by atoms with van der Waals surface area (Å²) in [6, 6.07) is 10.5. The minimum Gasteiger partial charge on any atom is -0.305 e. The van der Waals surface area contributed by atoms with Crippen LogP contribution in [0.1, 0.15) is 28.4 Å². The van der Waals surface area contributed by atoms with E-state index >= 15 is 0 Å². The molecule has 136 valence electrons. The highest BCUT2D eigenvalue weighted by Crippen LogP contribution is 2.22. The number of aromatic nitrogens is 1. The Morgan fingerprint density at radius 2 is 2.15 bits per heavy atom. The maximum absolute atomic E-state index is 12.7. The summed E-state index contributed by atoms with van der Waals surface area (Å²) in [5.41, 5.74) is 2.51. The summed E-state index contributed by atoms with van der Waals surface area (Å²) in [4.78, 5) is 28.0. The second kappa shape index (κ2) is 7.56. The summed E-state index contributed by atoms with van der Waals surface area (Å²) in [6.45, 7) is 3.91. The van der Waals surface area contributed by atoms with Gasteiger partial charge in [0, 0.05) is 11.6 Å². The zero-order valence-corrected chi connectivity index (χ0v) is 15.7. The number of terminal acetylenes is 1. The lowest BCUT2D eigenvalue weighted by molar-refractivity contribution is -0.385. The Balaban J connectivity index is 2.17. The molecule has 0 aliphatic carbocycles. The highest BCUT2D eigenvalue weighted by molar-refractivity contribution is 7.16. The van der Waals surface area contributed by atoms with Gasteiger partial charge in [0.15, 0.2) is 4.80 Å². The molecular formula is C20H17N3O3S. The maximum Gasteiger partial charge on any atom is 0.280 e. The quantitative estimate of drug-likeness (QED) is 0.392. The number of carbonyl (C=O) groups is 1. The van der Waals surface area contributed by atoms with Crippen molar-refractivity contribution in [2.24, 2.45) is 4.99 Å². The van der Waals surface area contributed by atoms with E-state index in [1.165, 1.54) is 29.0 Å². The lowest BCUT2D eigenvalue weighted by atomic mass is 10.1. The molecule has 0 N–H and O–H groups in total. The monoisotopic (exact) mass is 379 g/mol. The molecule has 0 saturated heterocycles. The van der Waals surface area contributed by atoms with Gasteiger partial charge < -0.3 is 4.57 Å². The van der Waals surface area contributed by atoms with Crippen molar-refractivity contribution in [3.63, 3.8) is 0 Å². The number of amides is 1. The molecule has 2 aromatic carbocycles. The largest absolute Gasteiger partial charge is 0.305 e. The van der Waals surface area contributed by atoms with E-state index in [0.717, 1.165) is 16.6 Å². The summed E-state index contributed by atoms with van der Waals surface area (Å²) >= 11 is 1.38. The summed E-state index contributed by atoms with van der Waals surface area (Å²) in [5.74, 6) is 2.06. The molecule has 1 amide bonds. The molecule has 3 rings (SSSR count). The number of hydrogen-bond donors (Lipinski definition) is 0. The zero-order chi connectivity index (χ0) is 19.6. The van der Waals surface area contributed by atoms with Gasteiger partial charge in [-0.2, -0.15) is 4.99 Å². The van der Waals surface area contributed by atoms with E-state index in [2.05, 4.69) is 23.9 Å². The number of benzene rings is 2. The highest BCUT2D eigenvalue weighted by atomic mass is 32.1.